The van der Waals surface area contributed by atoms with Crippen LogP contribution in [0.5, 0.6) is 5.75 Å². The second-order valence-electron chi connectivity index (χ2n) is 7.24. The Labute approximate surface area is 191 Å². The van der Waals surface area contributed by atoms with E-state index in [1.165, 1.54) is 0 Å². The van der Waals surface area contributed by atoms with Gasteiger partial charge in [-0.15, -0.1) is 11.3 Å². The van der Waals surface area contributed by atoms with Crippen LogP contribution in [0.15, 0.2) is 83.9 Å². The van der Waals surface area contributed by atoms with E-state index >= 15 is 0 Å². The predicted octanol–water partition coefficient (Wildman–Crippen LogP) is 4.55. The lowest BCUT2D eigenvalue weighted by atomic mass is 10.0. The predicted molar refractivity (Wildman–Crippen MR) is 128 cm³/mol. The molecule has 0 spiro atoms. The van der Waals surface area contributed by atoms with Crippen molar-refractivity contribution in [1.82, 2.24) is 15.3 Å². The minimum Gasteiger partial charge on any atom is -0.496 e. The van der Waals surface area contributed by atoms with E-state index in [-0.39, 0.29) is 5.91 Å². The normalized spacial score (nSPS) is 11.7. The quantitative estimate of drug-likeness (QED) is 0.396. The van der Waals surface area contributed by atoms with Crippen LogP contribution in [0.3, 0.4) is 0 Å². The molecule has 1 atom stereocenters. The first-order valence-electron chi connectivity index (χ1n) is 10.3. The van der Waals surface area contributed by atoms with Crippen LogP contribution in [0.25, 0.3) is 11.1 Å². The molecule has 0 bridgehead atoms. The number of ether oxygens (including phenoxy) is 1. The van der Waals surface area contributed by atoms with Gasteiger partial charge < -0.3 is 10.1 Å². The summed E-state index contributed by atoms with van der Waals surface area (Å²) in [6, 6.07) is 19.0. The maximum absolute atomic E-state index is 13.2. The van der Waals surface area contributed by atoms with E-state index in [2.05, 4.69) is 20.6 Å². The summed E-state index contributed by atoms with van der Waals surface area (Å²) >= 11 is 1.54. The molecular formula is C25H24N4O2S. The second-order valence-corrected chi connectivity index (χ2v) is 7.96. The molecule has 0 aliphatic rings. The Bertz CT molecular complexity index is 1140. The number of aromatic nitrogens is 2. The molecule has 1 amide bonds. The molecule has 0 aliphatic carbocycles. The van der Waals surface area contributed by atoms with Crippen molar-refractivity contribution in [2.75, 3.05) is 12.4 Å². The van der Waals surface area contributed by atoms with Crippen molar-refractivity contribution >= 4 is 22.9 Å². The third kappa shape index (κ3) is 5.57. The van der Waals surface area contributed by atoms with E-state index in [4.69, 9.17) is 4.74 Å². The maximum atomic E-state index is 13.2. The SMILES string of the molecule is COc1ccc(NC(=O)[C@H](Cc2ccccc2)NCc2cscn2)cc1-c1ccncc1. The Morgan fingerprint density at radius 2 is 1.91 bits per heavy atom. The number of rotatable bonds is 9. The zero-order valence-electron chi connectivity index (χ0n) is 17.7. The number of benzene rings is 2. The van der Waals surface area contributed by atoms with Gasteiger partial charge in [0, 0.05) is 35.6 Å². The van der Waals surface area contributed by atoms with Crippen LogP contribution in [0.4, 0.5) is 5.69 Å². The fourth-order valence-electron chi connectivity index (χ4n) is 3.43. The molecule has 2 N–H and O–H groups in total. The molecule has 2 aromatic carbocycles. The molecule has 0 fully saturated rings. The number of carbonyl (C=O) groups is 1. The van der Waals surface area contributed by atoms with Gasteiger partial charge in [0.1, 0.15) is 5.75 Å². The number of methoxy groups -OCH3 is 1. The van der Waals surface area contributed by atoms with Gasteiger partial charge in [0.05, 0.1) is 24.4 Å². The lowest BCUT2D eigenvalue weighted by molar-refractivity contribution is -0.118. The number of pyridine rings is 1. The van der Waals surface area contributed by atoms with Gasteiger partial charge in [-0.05, 0) is 47.9 Å². The van der Waals surface area contributed by atoms with Crippen LogP contribution < -0.4 is 15.4 Å². The smallest absolute Gasteiger partial charge is 0.241 e. The van der Waals surface area contributed by atoms with E-state index in [1.807, 2.05) is 66.0 Å². The number of amides is 1. The number of carbonyl (C=O) groups excluding carboxylic acids is 1. The van der Waals surface area contributed by atoms with Crippen LogP contribution in [0.1, 0.15) is 11.3 Å². The average molecular weight is 445 g/mol. The van der Waals surface area contributed by atoms with E-state index < -0.39 is 6.04 Å². The van der Waals surface area contributed by atoms with Crippen molar-refractivity contribution in [2.24, 2.45) is 0 Å². The van der Waals surface area contributed by atoms with Gasteiger partial charge >= 0.3 is 0 Å². The molecular weight excluding hydrogens is 420 g/mol. The average Bonchev–Trinajstić information content (AvgIpc) is 3.36. The first-order valence-corrected chi connectivity index (χ1v) is 11.2. The Hall–Kier alpha value is -3.55. The number of anilines is 1. The third-order valence-electron chi connectivity index (χ3n) is 5.07. The minimum atomic E-state index is -0.412. The van der Waals surface area contributed by atoms with E-state index in [9.17, 15) is 4.79 Å². The number of hydrogen-bond donors (Lipinski definition) is 2. The van der Waals surface area contributed by atoms with Gasteiger partial charge in [-0.1, -0.05) is 30.3 Å². The fourth-order valence-corrected chi connectivity index (χ4v) is 3.99. The number of nitrogens with one attached hydrogen (secondary N) is 2. The Kier molecular flexibility index (Phi) is 7.22. The first kappa shape index (κ1) is 21.7. The molecule has 4 rings (SSSR count). The standard InChI is InChI=1S/C25H24N4O2S/c1-31-24-8-7-20(14-22(24)19-9-11-26-12-10-19)29-25(30)23(13-18-5-3-2-4-6-18)27-15-21-16-32-17-28-21/h2-12,14,16-17,23,27H,13,15H2,1H3,(H,29,30)/t23-/m0/s1. The van der Waals surface area contributed by atoms with Gasteiger partial charge in [0.25, 0.3) is 0 Å². The molecule has 0 radical (unpaired) electrons. The molecule has 162 valence electrons. The summed E-state index contributed by atoms with van der Waals surface area (Å²) in [7, 11) is 1.64. The lowest BCUT2D eigenvalue weighted by Crippen LogP contribution is -2.41. The van der Waals surface area contributed by atoms with Gasteiger partial charge in [-0.25, -0.2) is 4.98 Å². The summed E-state index contributed by atoms with van der Waals surface area (Å²) in [5.41, 5.74) is 6.37. The molecule has 0 saturated carbocycles. The zero-order chi connectivity index (χ0) is 22.2. The maximum Gasteiger partial charge on any atom is 0.241 e. The van der Waals surface area contributed by atoms with E-state index in [0.29, 0.717) is 18.7 Å². The molecule has 2 heterocycles. The molecule has 6 nitrogen and oxygen atoms in total. The molecule has 4 aromatic rings. The highest BCUT2D eigenvalue weighted by atomic mass is 32.1. The number of thiazole rings is 1. The molecule has 0 aliphatic heterocycles. The highest BCUT2D eigenvalue weighted by Crippen LogP contribution is 2.32. The van der Waals surface area contributed by atoms with Crippen LogP contribution in [-0.2, 0) is 17.8 Å². The summed E-state index contributed by atoms with van der Waals surface area (Å²) in [4.78, 5) is 21.6. The van der Waals surface area contributed by atoms with Gasteiger partial charge in [0.15, 0.2) is 0 Å². The Balaban J connectivity index is 1.54. The topological polar surface area (TPSA) is 76.1 Å². The molecule has 32 heavy (non-hydrogen) atoms. The van der Waals surface area contributed by atoms with Crippen LogP contribution >= 0.6 is 11.3 Å². The fraction of sp³-hybridized carbons (Fsp3) is 0.160. The number of nitrogens with zero attached hydrogens (tertiary/aromatic N) is 2. The van der Waals surface area contributed by atoms with Gasteiger partial charge in [-0.3, -0.25) is 15.1 Å². The summed E-state index contributed by atoms with van der Waals surface area (Å²) in [5, 5.41) is 8.40. The van der Waals surface area contributed by atoms with Crippen LogP contribution in [-0.4, -0.2) is 29.0 Å². The molecule has 7 heteroatoms. The van der Waals surface area contributed by atoms with Crippen molar-refractivity contribution in [3.63, 3.8) is 0 Å². The first-order chi connectivity index (χ1) is 15.7. The third-order valence-corrected chi connectivity index (χ3v) is 5.71. The second kappa shape index (κ2) is 10.7. The van der Waals surface area contributed by atoms with E-state index in [0.717, 1.165) is 28.1 Å². The van der Waals surface area contributed by atoms with Crippen molar-refractivity contribution < 1.29 is 9.53 Å². The summed E-state index contributed by atoms with van der Waals surface area (Å²) in [6.07, 6.45) is 4.04. The molecule has 0 saturated heterocycles. The van der Waals surface area contributed by atoms with Crippen LogP contribution in [0.2, 0.25) is 0 Å². The van der Waals surface area contributed by atoms with E-state index in [1.54, 1.807) is 36.4 Å². The van der Waals surface area contributed by atoms with Crippen molar-refractivity contribution in [3.8, 4) is 16.9 Å². The summed E-state index contributed by atoms with van der Waals surface area (Å²) in [5.74, 6) is 0.631. The van der Waals surface area contributed by atoms with Crippen LogP contribution in [0, 0.1) is 0 Å². The van der Waals surface area contributed by atoms with Crippen molar-refractivity contribution in [1.29, 1.82) is 0 Å². The minimum absolute atomic E-state index is 0.102. The highest BCUT2D eigenvalue weighted by molar-refractivity contribution is 7.07. The highest BCUT2D eigenvalue weighted by Gasteiger charge is 2.20. The summed E-state index contributed by atoms with van der Waals surface area (Å²) < 4.78 is 5.51. The summed E-state index contributed by atoms with van der Waals surface area (Å²) in [6.45, 7) is 0.527. The van der Waals surface area contributed by atoms with Crippen molar-refractivity contribution in [3.05, 3.63) is 95.2 Å². The van der Waals surface area contributed by atoms with Crippen molar-refractivity contribution in [2.45, 2.75) is 19.0 Å². The zero-order valence-corrected chi connectivity index (χ0v) is 18.5. The van der Waals surface area contributed by atoms with Gasteiger partial charge in [-0.2, -0.15) is 0 Å². The largest absolute Gasteiger partial charge is 0.496 e. The Morgan fingerprint density at radius 3 is 2.62 bits per heavy atom. The lowest BCUT2D eigenvalue weighted by Gasteiger charge is -2.19. The molecule has 0 unspecified atom stereocenters. The van der Waals surface area contributed by atoms with Gasteiger partial charge in [0.2, 0.25) is 5.91 Å². The Morgan fingerprint density at radius 1 is 1.09 bits per heavy atom. The monoisotopic (exact) mass is 444 g/mol. The molecule has 2 aromatic heterocycles. The number of hydrogen-bond acceptors (Lipinski definition) is 6.